The van der Waals surface area contributed by atoms with E-state index < -0.39 is 0 Å². The summed E-state index contributed by atoms with van der Waals surface area (Å²) in [4.78, 5) is 3.81. The predicted octanol–water partition coefficient (Wildman–Crippen LogP) is 3.15. The first-order valence-electron chi connectivity index (χ1n) is 6.25. The Labute approximate surface area is 113 Å². The molecule has 1 saturated heterocycles. The van der Waals surface area contributed by atoms with Crippen molar-refractivity contribution in [2.75, 3.05) is 13.1 Å². The van der Waals surface area contributed by atoms with Gasteiger partial charge in [-0.15, -0.1) is 11.3 Å². The lowest BCUT2D eigenvalue weighted by Crippen LogP contribution is -2.55. The molecule has 2 nitrogen and oxygen atoms in total. The summed E-state index contributed by atoms with van der Waals surface area (Å²) in [6, 6.07) is 4.21. The first-order valence-corrected chi connectivity index (χ1v) is 7.44. The molecule has 4 heteroatoms. The number of thiophene rings is 1. The number of nitrogens with two attached hydrogens (primary N) is 1. The van der Waals surface area contributed by atoms with E-state index in [2.05, 4.69) is 24.8 Å². The minimum Gasteiger partial charge on any atom is -0.326 e. The Hall–Kier alpha value is -0.0900. The second-order valence-electron chi connectivity index (χ2n) is 5.36. The highest BCUT2D eigenvalue weighted by molar-refractivity contribution is 7.16. The van der Waals surface area contributed by atoms with E-state index in [9.17, 15) is 0 Å². The van der Waals surface area contributed by atoms with Gasteiger partial charge in [0.05, 0.1) is 4.34 Å². The van der Waals surface area contributed by atoms with E-state index in [1.807, 2.05) is 6.07 Å². The minimum absolute atomic E-state index is 0.0764. The third-order valence-corrected chi connectivity index (χ3v) is 5.13. The van der Waals surface area contributed by atoms with Gasteiger partial charge in [0.25, 0.3) is 0 Å². The highest BCUT2D eigenvalue weighted by Crippen LogP contribution is 2.28. The zero-order chi connectivity index (χ0) is 12.5. The Morgan fingerprint density at radius 3 is 2.59 bits per heavy atom. The van der Waals surface area contributed by atoms with Crippen LogP contribution in [0.5, 0.6) is 0 Å². The van der Waals surface area contributed by atoms with Crippen LogP contribution < -0.4 is 5.73 Å². The van der Waals surface area contributed by atoms with E-state index in [4.69, 9.17) is 17.3 Å². The van der Waals surface area contributed by atoms with Crippen LogP contribution >= 0.6 is 22.9 Å². The van der Waals surface area contributed by atoms with Crippen LogP contribution in [0.4, 0.5) is 0 Å². The molecule has 0 bridgehead atoms. The highest BCUT2D eigenvalue weighted by atomic mass is 35.5. The Balaban J connectivity index is 2.00. The molecule has 0 aliphatic carbocycles. The van der Waals surface area contributed by atoms with Crippen molar-refractivity contribution in [2.45, 2.75) is 44.7 Å². The largest absolute Gasteiger partial charge is 0.326 e. The third kappa shape index (κ3) is 3.02. The van der Waals surface area contributed by atoms with Gasteiger partial charge in [0.15, 0.2) is 0 Å². The zero-order valence-corrected chi connectivity index (χ0v) is 12.2. The highest BCUT2D eigenvalue weighted by Gasteiger charge is 2.34. The summed E-state index contributed by atoms with van der Waals surface area (Å²) in [7, 11) is 0. The maximum Gasteiger partial charge on any atom is 0.0931 e. The standard InChI is InChI=1S/C13H21ClN2S/c1-13(2,16-7-3-4-8-16)11(15)9-10-5-6-12(14)17-10/h5-6,11H,3-4,7-9,15H2,1-2H3. The summed E-state index contributed by atoms with van der Waals surface area (Å²) in [6.45, 7) is 6.90. The van der Waals surface area contributed by atoms with Gasteiger partial charge in [0, 0.05) is 16.5 Å². The van der Waals surface area contributed by atoms with Crippen LogP contribution in [0.2, 0.25) is 4.34 Å². The first-order chi connectivity index (χ1) is 8.00. The fourth-order valence-corrected chi connectivity index (χ4v) is 3.60. The van der Waals surface area contributed by atoms with Gasteiger partial charge < -0.3 is 5.73 Å². The number of halogens is 1. The maximum absolute atomic E-state index is 6.39. The van der Waals surface area contributed by atoms with Crippen LogP contribution in [0.1, 0.15) is 31.6 Å². The summed E-state index contributed by atoms with van der Waals surface area (Å²) < 4.78 is 0.853. The summed E-state index contributed by atoms with van der Waals surface area (Å²) in [6.07, 6.45) is 3.53. The van der Waals surface area contributed by atoms with Crippen molar-refractivity contribution in [1.82, 2.24) is 4.90 Å². The third-order valence-electron chi connectivity index (χ3n) is 3.88. The van der Waals surface area contributed by atoms with Gasteiger partial charge in [-0.1, -0.05) is 11.6 Å². The summed E-state index contributed by atoms with van der Waals surface area (Å²) in [5.41, 5.74) is 6.47. The number of hydrogen-bond acceptors (Lipinski definition) is 3. The van der Waals surface area contributed by atoms with Gasteiger partial charge in [-0.2, -0.15) is 0 Å². The maximum atomic E-state index is 6.39. The van der Waals surface area contributed by atoms with Crippen LogP contribution in [0.25, 0.3) is 0 Å². The SMILES string of the molecule is CC(C)(C(N)Cc1ccc(Cl)s1)N1CCCC1. The molecule has 1 fully saturated rings. The number of rotatable bonds is 4. The van der Waals surface area contributed by atoms with E-state index in [-0.39, 0.29) is 11.6 Å². The van der Waals surface area contributed by atoms with E-state index in [1.165, 1.54) is 30.8 Å². The van der Waals surface area contributed by atoms with Crippen molar-refractivity contribution < 1.29 is 0 Å². The van der Waals surface area contributed by atoms with Gasteiger partial charge in [-0.25, -0.2) is 0 Å². The quantitative estimate of drug-likeness (QED) is 0.912. The smallest absolute Gasteiger partial charge is 0.0931 e. The van der Waals surface area contributed by atoms with Crippen molar-refractivity contribution in [3.05, 3.63) is 21.3 Å². The van der Waals surface area contributed by atoms with Gasteiger partial charge in [-0.3, -0.25) is 4.90 Å². The lowest BCUT2D eigenvalue weighted by atomic mass is 9.90. The number of hydrogen-bond donors (Lipinski definition) is 1. The van der Waals surface area contributed by atoms with Gasteiger partial charge in [0.1, 0.15) is 0 Å². The number of likely N-dealkylation sites (tertiary alicyclic amines) is 1. The second-order valence-corrected chi connectivity index (χ2v) is 7.16. The molecule has 1 atom stereocenters. The molecule has 1 aliphatic heterocycles. The van der Waals surface area contributed by atoms with Crippen molar-refractivity contribution in [3.63, 3.8) is 0 Å². The topological polar surface area (TPSA) is 29.3 Å². The Morgan fingerprint density at radius 2 is 2.06 bits per heavy atom. The molecule has 1 aromatic rings. The molecule has 1 unspecified atom stereocenters. The second kappa shape index (κ2) is 5.27. The summed E-state index contributed by atoms with van der Waals surface area (Å²) in [5.74, 6) is 0. The molecule has 0 radical (unpaired) electrons. The molecule has 1 aliphatic rings. The molecule has 0 saturated carbocycles. The average Bonchev–Trinajstić information content (AvgIpc) is 2.89. The molecule has 0 amide bonds. The molecule has 96 valence electrons. The van der Waals surface area contributed by atoms with E-state index in [0.29, 0.717) is 0 Å². The average molecular weight is 273 g/mol. The van der Waals surface area contributed by atoms with E-state index in [0.717, 1.165) is 10.8 Å². The minimum atomic E-state index is 0.0764. The molecule has 0 spiro atoms. The van der Waals surface area contributed by atoms with E-state index >= 15 is 0 Å². The summed E-state index contributed by atoms with van der Waals surface area (Å²) in [5, 5.41) is 0. The zero-order valence-electron chi connectivity index (χ0n) is 10.6. The van der Waals surface area contributed by atoms with Gasteiger partial charge >= 0.3 is 0 Å². The van der Waals surface area contributed by atoms with Crippen molar-refractivity contribution in [1.29, 1.82) is 0 Å². The van der Waals surface area contributed by atoms with E-state index in [1.54, 1.807) is 11.3 Å². The Kier molecular flexibility index (Phi) is 4.14. The van der Waals surface area contributed by atoms with Gasteiger partial charge in [0.2, 0.25) is 0 Å². The van der Waals surface area contributed by atoms with Crippen LogP contribution in [0.15, 0.2) is 12.1 Å². The van der Waals surface area contributed by atoms with Crippen LogP contribution in [0, 0.1) is 0 Å². The normalized spacial score (nSPS) is 19.8. The van der Waals surface area contributed by atoms with Crippen LogP contribution in [0.3, 0.4) is 0 Å². The Morgan fingerprint density at radius 1 is 1.41 bits per heavy atom. The monoisotopic (exact) mass is 272 g/mol. The first kappa shape index (κ1) is 13.3. The lowest BCUT2D eigenvalue weighted by molar-refractivity contribution is 0.124. The molecular formula is C13H21ClN2S. The molecule has 2 heterocycles. The fourth-order valence-electron chi connectivity index (χ4n) is 2.46. The predicted molar refractivity (Wildman–Crippen MR) is 75.9 cm³/mol. The van der Waals surface area contributed by atoms with Crippen LogP contribution in [-0.2, 0) is 6.42 Å². The van der Waals surface area contributed by atoms with Crippen molar-refractivity contribution in [2.24, 2.45) is 5.73 Å². The van der Waals surface area contributed by atoms with Crippen LogP contribution in [-0.4, -0.2) is 29.6 Å². The molecule has 2 N–H and O–H groups in total. The molecule has 2 rings (SSSR count). The molecular weight excluding hydrogens is 252 g/mol. The van der Waals surface area contributed by atoms with Gasteiger partial charge in [-0.05, 0) is 58.3 Å². The Bertz CT molecular complexity index is 369. The van der Waals surface area contributed by atoms with Crippen molar-refractivity contribution in [3.8, 4) is 0 Å². The van der Waals surface area contributed by atoms with Crippen molar-refractivity contribution >= 4 is 22.9 Å². The lowest BCUT2D eigenvalue weighted by Gasteiger charge is -2.40. The molecule has 1 aromatic heterocycles. The molecule has 0 aromatic carbocycles. The summed E-state index contributed by atoms with van der Waals surface area (Å²) >= 11 is 7.59. The fraction of sp³-hybridized carbons (Fsp3) is 0.692. The number of nitrogens with zero attached hydrogens (tertiary/aromatic N) is 1. The molecule has 17 heavy (non-hydrogen) atoms.